The summed E-state index contributed by atoms with van der Waals surface area (Å²) >= 11 is 0. The minimum Gasteiger partial charge on any atom is -0.497 e. The van der Waals surface area contributed by atoms with Crippen LogP contribution < -0.4 is 4.74 Å². The summed E-state index contributed by atoms with van der Waals surface area (Å²) in [6.07, 6.45) is 2.19. The lowest BCUT2D eigenvalue weighted by molar-refractivity contribution is -0.0545. The van der Waals surface area contributed by atoms with Gasteiger partial charge in [-0.15, -0.1) is 0 Å². The summed E-state index contributed by atoms with van der Waals surface area (Å²) in [5, 5.41) is 10.5. The van der Waals surface area contributed by atoms with Gasteiger partial charge in [0.1, 0.15) is 11.9 Å². The van der Waals surface area contributed by atoms with Crippen LogP contribution in [-0.2, 0) is 11.2 Å². The second-order valence-corrected chi connectivity index (χ2v) is 6.77. The van der Waals surface area contributed by atoms with Crippen molar-refractivity contribution in [2.45, 2.75) is 52.2 Å². The van der Waals surface area contributed by atoms with Crippen LogP contribution in [0.5, 0.6) is 5.75 Å². The van der Waals surface area contributed by atoms with Gasteiger partial charge in [-0.1, -0.05) is 26.8 Å². The van der Waals surface area contributed by atoms with Crippen LogP contribution in [0.15, 0.2) is 18.2 Å². The van der Waals surface area contributed by atoms with E-state index in [9.17, 15) is 5.11 Å². The van der Waals surface area contributed by atoms with Crippen LogP contribution in [0.4, 0.5) is 0 Å². The number of hydrogen-bond acceptors (Lipinski definition) is 3. The molecular weight excluding hydrogens is 252 g/mol. The molecule has 2 rings (SSSR count). The topological polar surface area (TPSA) is 38.7 Å². The summed E-state index contributed by atoms with van der Waals surface area (Å²) in [6, 6.07) is 5.92. The Morgan fingerprint density at radius 2 is 2.05 bits per heavy atom. The van der Waals surface area contributed by atoms with E-state index < -0.39 is 6.10 Å². The molecule has 2 unspecified atom stereocenters. The maximum Gasteiger partial charge on any atom is 0.119 e. The fourth-order valence-corrected chi connectivity index (χ4v) is 2.55. The van der Waals surface area contributed by atoms with Gasteiger partial charge in [0.25, 0.3) is 0 Å². The number of aliphatic hydroxyl groups is 1. The fourth-order valence-electron chi connectivity index (χ4n) is 2.55. The predicted octanol–water partition coefficient (Wildman–Crippen LogP) is 3.50. The molecular formula is C17H26O3. The Bertz CT molecular complexity index is 448. The van der Waals surface area contributed by atoms with Crippen LogP contribution in [-0.4, -0.2) is 24.9 Å². The highest BCUT2D eigenvalue weighted by molar-refractivity contribution is 5.39. The van der Waals surface area contributed by atoms with Crippen molar-refractivity contribution in [2.75, 3.05) is 13.7 Å². The summed E-state index contributed by atoms with van der Waals surface area (Å²) in [4.78, 5) is 0. The summed E-state index contributed by atoms with van der Waals surface area (Å²) < 4.78 is 11.1. The van der Waals surface area contributed by atoms with E-state index in [1.807, 2.05) is 18.2 Å². The van der Waals surface area contributed by atoms with E-state index in [0.717, 1.165) is 30.6 Å². The quantitative estimate of drug-likeness (QED) is 0.916. The number of benzene rings is 1. The molecule has 0 radical (unpaired) electrons. The van der Waals surface area contributed by atoms with Crippen molar-refractivity contribution < 1.29 is 14.6 Å². The molecule has 0 fully saturated rings. The van der Waals surface area contributed by atoms with E-state index in [2.05, 4.69) is 20.8 Å². The lowest BCUT2D eigenvalue weighted by Crippen LogP contribution is -2.29. The first-order chi connectivity index (χ1) is 9.40. The second-order valence-electron chi connectivity index (χ2n) is 6.77. The number of rotatable bonds is 4. The highest BCUT2D eigenvalue weighted by Gasteiger charge is 2.29. The summed E-state index contributed by atoms with van der Waals surface area (Å²) in [6.45, 7) is 7.31. The van der Waals surface area contributed by atoms with Crippen molar-refractivity contribution in [1.82, 2.24) is 0 Å². The van der Waals surface area contributed by atoms with Gasteiger partial charge in [0, 0.05) is 6.61 Å². The molecule has 112 valence electrons. The largest absolute Gasteiger partial charge is 0.497 e. The smallest absolute Gasteiger partial charge is 0.119 e. The van der Waals surface area contributed by atoms with Crippen LogP contribution in [0.2, 0.25) is 0 Å². The van der Waals surface area contributed by atoms with Crippen LogP contribution in [0.1, 0.15) is 50.8 Å². The molecule has 0 amide bonds. The third-order valence-corrected chi connectivity index (χ3v) is 3.91. The Hall–Kier alpha value is -1.06. The van der Waals surface area contributed by atoms with Crippen molar-refractivity contribution in [3.63, 3.8) is 0 Å². The molecule has 1 aromatic rings. The zero-order valence-corrected chi connectivity index (χ0v) is 13.0. The average Bonchev–Trinajstić information content (AvgIpc) is 2.40. The van der Waals surface area contributed by atoms with Gasteiger partial charge in [-0.3, -0.25) is 0 Å². The minimum atomic E-state index is -0.547. The zero-order valence-electron chi connectivity index (χ0n) is 13.0. The van der Waals surface area contributed by atoms with Crippen LogP contribution in [0, 0.1) is 5.41 Å². The highest BCUT2D eigenvalue weighted by atomic mass is 16.5. The molecule has 0 bridgehead atoms. The second kappa shape index (κ2) is 6.15. The van der Waals surface area contributed by atoms with E-state index in [1.54, 1.807) is 7.11 Å². The number of ether oxygens (including phenoxy) is 2. The summed E-state index contributed by atoms with van der Waals surface area (Å²) in [5.74, 6) is 0.790. The number of aryl methyl sites for hydroxylation is 1. The molecule has 3 heteroatoms. The molecule has 0 saturated carbocycles. The minimum absolute atomic E-state index is 0.100. The van der Waals surface area contributed by atoms with Gasteiger partial charge in [-0.05, 0) is 47.9 Å². The highest BCUT2D eigenvalue weighted by Crippen LogP contribution is 2.34. The van der Waals surface area contributed by atoms with Gasteiger partial charge in [-0.2, -0.15) is 0 Å². The van der Waals surface area contributed by atoms with Gasteiger partial charge in [0.2, 0.25) is 0 Å². The van der Waals surface area contributed by atoms with Crippen molar-refractivity contribution in [1.29, 1.82) is 0 Å². The molecule has 1 N–H and O–H groups in total. The molecule has 0 heterocycles. The Morgan fingerprint density at radius 3 is 2.70 bits per heavy atom. The molecule has 2 atom stereocenters. The monoisotopic (exact) mass is 278 g/mol. The van der Waals surface area contributed by atoms with Gasteiger partial charge in [-0.25, -0.2) is 0 Å². The Balaban J connectivity index is 2.01. The lowest BCUT2D eigenvalue weighted by atomic mass is 9.87. The van der Waals surface area contributed by atoms with Crippen LogP contribution in [0.3, 0.4) is 0 Å². The first kappa shape index (κ1) is 15.3. The van der Waals surface area contributed by atoms with Crippen molar-refractivity contribution in [2.24, 2.45) is 5.41 Å². The predicted molar refractivity (Wildman–Crippen MR) is 80.1 cm³/mol. The van der Waals surface area contributed by atoms with Crippen LogP contribution in [0.25, 0.3) is 0 Å². The zero-order chi connectivity index (χ0) is 14.8. The van der Waals surface area contributed by atoms with E-state index in [-0.39, 0.29) is 11.5 Å². The molecule has 0 aliphatic heterocycles. The van der Waals surface area contributed by atoms with Crippen molar-refractivity contribution in [3.05, 3.63) is 29.3 Å². The first-order valence-electron chi connectivity index (χ1n) is 7.37. The number of methoxy groups -OCH3 is 1. The maximum absolute atomic E-state index is 10.5. The van der Waals surface area contributed by atoms with Gasteiger partial charge in [0.15, 0.2) is 0 Å². The summed E-state index contributed by atoms with van der Waals surface area (Å²) in [7, 11) is 1.65. The third kappa shape index (κ3) is 3.74. The normalized spacial score (nSPS) is 22.4. The fraction of sp³-hybridized carbons (Fsp3) is 0.647. The number of hydrogen-bond donors (Lipinski definition) is 1. The standard InChI is InChI=1S/C17H26O3/c1-17(2,3)9-10-20-15-8-6-12-5-7-13(19-4)11-14(12)16(15)18/h5,7,11,15-16,18H,6,8-10H2,1-4H3. The first-order valence-corrected chi connectivity index (χ1v) is 7.37. The lowest BCUT2D eigenvalue weighted by Gasteiger charge is -2.31. The summed E-state index contributed by atoms with van der Waals surface area (Å²) in [5.41, 5.74) is 2.42. The van der Waals surface area contributed by atoms with Gasteiger partial charge >= 0.3 is 0 Å². The molecule has 20 heavy (non-hydrogen) atoms. The third-order valence-electron chi connectivity index (χ3n) is 3.91. The number of aliphatic hydroxyl groups excluding tert-OH is 1. The SMILES string of the molecule is COc1ccc2c(c1)C(O)C(OCCC(C)(C)C)CC2. The molecule has 3 nitrogen and oxygen atoms in total. The molecule has 0 saturated heterocycles. The maximum atomic E-state index is 10.5. The number of fused-ring (bicyclic) bond motifs is 1. The van der Waals surface area contributed by atoms with Crippen molar-refractivity contribution in [3.8, 4) is 5.75 Å². The molecule has 0 spiro atoms. The average molecular weight is 278 g/mol. The van der Waals surface area contributed by atoms with E-state index >= 15 is 0 Å². The Labute approximate surface area is 121 Å². The Morgan fingerprint density at radius 1 is 1.30 bits per heavy atom. The Kier molecular flexibility index (Phi) is 4.71. The molecule has 1 aliphatic rings. The van der Waals surface area contributed by atoms with Gasteiger partial charge < -0.3 is 14.6 Å². The van der Waals surface area contributed by atoms with E-state index in [1.165, 1.54) is 5.56 Å². The molecule has 1 aliphatic carbocycles. The van der Waals surface area contributed by atoms with E-state index in [4.69, 9.17) is 9.47 Å². The molecule has 0 aromatic heterocycles. The van der Waals surface area contributed by atoms with Crippen LogP contribution >= 0.6 is 0 Å². The van der Waals surface area contributed by atoms with Crippen molar-refractivity contribution >= 4 is 0 Å². The van der Waals surface area contributed by atoms with Gasteiger partial charge in [0.05, 0.1) is 13.2 Å². The van der Waals surface area contributed by atoms with E-state index in [0.29, 0.717) is 6.61 Å². The molecule has 1 aromatic carbocycles.